The Hall–Kier alpha value is -3.17. The largest absolute Gasteiger partial charge is 0.497 e. The number of ketones is 1. The molecule has 1 fully saturated rings. The normalized spacial score (nSPS) is 19.6. The first-order chi connectivity index (χ1) is 14.5. The van der Waals surface area contributed by atoms with Crippen molar-refractivity contribution in [1.29, 1.82) is 0 Å². The van der Waals surface area contributed by atoms with Crippen molar-refractivity contribution in [2.45, 2.75) is 51.2 Å². The highest BCUT2D eigenvalue weighted by molar-refractivity contribution is 6.13. The maximum absolute atomic E-state index is 13.2. The molecular weight excluding hydrogens is 408 g/mol. The number of methoxy groups -OCH3 is 1. The molecule has 0 aromatic heterocycles. The Morgan fingerprint density at radius 1 is 1.26 bits per heavy atom. The summed E-state index contributed by atoms with van der Waals surface area (Å²) in [7, 11) is 1.47. The van der Waals surface area contributed by atoms with Gasteiger partial charge in [0.2, 0.25) is 12.1 Å². The van der Waals surface area contributed by atoms with Crippen molar-refractivity contribution >= 4 is 17.8 Å². The van der Waals surface area contributed by atoms with Crippen LogP contribution in [0.2, 0.25) is 0 Å². The van der Waals surface area contributed by atoms with Crippen molar-refractivity contribution in [3.63, 3.8) is 0 Å². The molecule has 1 amide bonds. The minimum absolute atomic E-state index is 0.0657. The van der Waals surface area contributed by atoms with Crippen LogP contribution in [0.1, 0.15) is 45.6 Å². The third-order valence-corrected chi connectivity index (χ3v) is 4.97. The predicted molar refractivity (Wildman–Crippen MR) is 110 cm³/mol. The molecule has 0 aliphatic carbocycles. The number of Topliss-reactive ketones (excluding diaryl/α,β-unsaturated/α-hetero) is 1. The van der Waals surface area contributed by atoms with E-state index in [4.69, 9.17) is 14.2 Å². The first kappa shape index (κ1) is 24.1. The van der Waals surface area contributed by atoms with Crippen LogP contribution in [0.5, 0.6) is 5.75 Å². The summed E-state index contributed by atoms with van der Waals surface area (Å²) in [5.41, 5.74) is -2.78. The van der Waals surface area contributed by atoms with Crippen LogP contribution < -0.4 is 4.74 Å². The number of carbonyl (C=O) groups excluding carboxylic acids is 3. The monoisotopic (exact) mass is 436 g/mol. The minimum atomic E-state index is -2.21. The zero-order valence-corrected chi connectivity index (χ0v) is 18.4. The molecule has 1 aromatic rings. The second kappa shape index (κ2) is 9.32. The lowest BCUT2D eigenvalue weighted by Crippen LogP contribution is -2.63. The fourth-order valence-electron chi connectivity index (χ4n) is 3.74. The number of amides is 1. The van der Waals surface area contributed by atoms with Crippen molar-refractivity contribution in [3.8, 4) is 5.75 Å². The third-order valence-electron chi connectivity index (χ3n) is 4.97. The van der Waals surface area contributed by atoms with E-state index < -0.39 is 46.4 Å². The number of benzene rings is 1. The molecule has 170 valence electrons. The van der Waals surface area contributed by atoms with Gasteiger partial charge in [-0.2, -0.15) is 0 Å². The fourth-order valence-corrected chi connectivity index (χ4v) is 3.74. The predicted octanol–water partition coefficient (Wildman–Crippen LogP) is 2.57. The summed E-state index contributed by atoms with van der Waals surface area (Å²) in [5.74, 6) is -2.42. The molecule has 0 bridgehead atoms. The number of likely N-dealkylation sites (tertiary alicyclic amines) is 1. The summed E-state index contributed by atoms with van der Waals surface area (Å²) < 4.78 is 15.7. The zero-order chi connectivity index (χ0) is 23.4. The quantitative estimate of drug-likeness (QED) is 0.276. The van der Waals surface area contributed by atoms with E-state index in [0.29, 0.717) is 11.3 Å². The molecule has 31 heavy (non-hydrogen) atoms. The molecule has 1 aromatic carbocycles. The smallest absolute Gasteiger partial charge is 0.411 e. The molecule has 2 rings (SSSR count). The van der Waals surface area contributed by atoms with E-state index in [-0.39, 0.29) is 19.6 Å². The molecule has 2 atom stereocenters. The second-order valence-electron chi connectivity index (χ2n) is 8.13. The number of nitro groups is 1. The minimum Gasteiger partial charge on any atom is -0.497 e. The van der Waals surface area contributed by atoms with Gasteiger partial charge in [0.25, 0.3) is 0 Å². The second-order valence-corrected chi connectivity index (χ2v) is 8.13. The Morgan fingerprint density at radius 3 is 2.35 bits per heavy atom. The summed E-state index contributed by atoms with van der Waals surface area (Å²) >= 11 is 0. The topological polar surface area (TPSA) is 125 Å². The fraction of sp³-hybridized carbons (Fsp3) is 0.571. The molecule has 1 aliphatic heterocycles. The molecule has 0 radical (unpaired) electrons. The van der Waals surface area contributed by atoms with Crippen molar-refractivity contribution in [3.05, 3.63) is 39.9 Å². The number of hydrogen-bond donors (Lipinski definition) is 0. The summed E-state index contributed by atoms with van der Waals surface area (Å²) in [4.78, 5) is 51.4. The van der Waals surface area contributed by atoms with E-state index in [1.54, 1.807) is 39.8 Å². The molecule has 0 spiro atoms. The lowest BCUT2D eigenvalue weighted by molar-refractivity contribution is -0.485. The number of esters is 1. The van der Waals surface area contributed by atoms with Gasteiger partial charge in [0.05, 0.1) is 19.6 Å². The average Bonchev–Trinajstić information content (AvgIpc) is 3.03. The summed E-state index contributed by atoms with van der Waals surface area (Å²) in [6, 6.07) is 6.20. The van der Waals surface area contributed by atoms with E-state index in [1.807, 2.05) is 0 Å². The number of rotatable bonds is 7. The Labute approximate surface area is 180 Å². The summed E-state index contributed by atoms with van der Waals surface area (Å²) in [6.45, 7) is 5.54. The van der Waals surface area contributed by atoms with Crippen molar-refractivity contribution in [2.75, 3.05) is 26.8 Å². The van der Waals surface area contributed by atoms with Crippen LogP contribution in [0, 0.1) is 10.1 Å². The van der Waals surface area contributed by atoms with Gasteiger partial charge in [-0.15, -0.1) is 0 Å². The lowest BCUT2D eigenvalue weighted by Gasteiger charge is -2.39. The molecule has 0 unspecified atom stereocenters. The average molecular weight is 436 g/mol. The van der Waals surface area contributed by atoms with Crippen LogP contribution >= 0.6 is 0 Å². The third kappa shape index (κ3) is 4.95. The molecule has 0 N–H and O–H groups in total. The van der Waals surface area contributed by atoms with E-state index in [9.17, 15) is 24.5 Å². The maximum atomic E-state index is 13.2. The van der Waals surface area contributed by atoms with Crippen molar-refractivity contribution < 1.29 is 33.5 Å². The summed E-state index contributed by atoms with van der Waals surface area (Å²) in [5, 5.41) is 11.6. The van der Waals surface area contributed by atoms with Crippen molar-refractivity contribution in [2.24, 2.45) is 0 Å². The highest BCUT2D eigenvalue weighted by Crippen LogP contribution is 2.42. The van der Waals surface area contributed by atoms with E-state index in [2.05, 4.69) is 0 Å². The zero-order valence-electron chi connectivity index (χ0n) is 18.4. The SMILES string of the molecule is CCOC(=O)[C@]1([C@H](C[N+](=O)[O-])c2ccc(OC)cc2)C(=O)CCN1C(=O)OC(C)(C)C. The molecule has 1 saturated heterocycles. The Morgan fingerprint density at radius 2 is 1.87 bits per heavy atom. The molecule has 1 aliphatic rings. The molecular formula is C21H28N2O8. The van der Waals surface area contributed by atoms with Gasteiger partial charge in [-0.25, -0.2) is 9.59 Å². The van der Waals surface area contributed by atoms with Gasteiger partial charge in [0.15, 0.2) is 5.78 Å². The molecule has 1 heterocycles. The Bertz CT molecular complexity index is 846. The summed E-state index contributed by atoms with van der Waals surface area (Å²) in [6.07, 6.45) is -1.06. The van der Waals surface area contributed by atoms with Crippen LogP contribution in [0.4, 0.5) is 4.79 Å². The number of carbonyl (C=O) groups is 3. The molecule has 0 saturated carbocycles. The van der Waals surface area contributed by atoms with Gasteiger partial charge in [0, 0.05) is 17.9 Å². The standard InChI is InChI=1S/C21H28N2O8/c1-6-30-18(25)21(17(24)11-12-22(21)19(26)31-20(2,3)4)16(13-23(27)28)14-7-9-15(29-5)10-8-14/h7-10,16H,6,11-13H2,1-5H3/t16-,21+/m1/s1. The van der Waals surface area contributed by atoms with Gasteiger partial charge in [-0.1, -0.05) is 12.1 Å². The lowest BCUT2D eigenvalue weighted by atomic mass is 9.76. The van der Waals surface area contributed by atoms with Crippen LogP contribution in [-0.4, -0.2) is 65.6 Å². The van der Waals surface area contributed by atoms with E-state index in [0.717, 1.165) is 4.90 Å². The van der Waals surface area contributed by atoms with E-state index >= 15 is 0 Å². The number of nitrogens with zero attached hydrogens (tertiary/aromatic N) is 2. The van der Waals surface area contributed by atoms with Crippen LogP contribution in [0.3, 0.4) is 0 Å². The highest BCUT2D eigenvalue weighted by Gasteiger charge is 2.64. The maximum Gasteiger partial charge on any atom is 0.411 e. The van der Waals surface area contributed by atoms with Gasteiger partial charge >= 0.3 is 12.1 Å². The van der Waals surface area contributed by atoms with Gasteiger partial charge in [0.1, 0.15) is 11.4 Å². The van der Waals surface area contributed by atoms with Crippen LogP contribution in [-0.2, 0) is 19.1 Å². The highest BCUT2D eigenvalue weighted by atomic mass is 16.6. The van der Waals surface area contributed by atoms with E-state index in [1.165, 1.54) is 19.2 Å². The first-order valence-electron chi connectivity index (χ1n) is 9.94. The van der Waals surface area contributed by atoms with Crippen molar-refractivity contribution in [1.82, 2.24) is 4.90 Å². The van der Waals surface area contributed by atoms with Gasteiger partial charge in [-0.05, 0) is 45.4 Å². The Balaban J connectivity index is 2.70. The number of ether oxygens (including phenoxy) is 3. The van der Waals surface area contributed by atoms with Crippen LogP contribution in [0.15, 0.2) is 24.3 Å². The molecule has 10 nitrogen and oxygen atoms in total. The van der Waals surface area contributed by atoms with Gasteiger partial charge < -0.3 is 14.2 Å². The Kier molecular flexibility index (Phi) is 7.24. The van der Waals surface area contributed by atoms with Gasteiger partial charge in [-0.3, -0.25) is 19.8 Å². The number of hydrogen-bond acceptors (Lipinski definition) is 8. The van der Waals surface area contributed by atoms with Crippen LogP contribution in [0.25, 0.3) is 0 Å². The molecule has 10 heteroatoms. The first-order valence-corrected chi connectivity index (χ1v) is 9.94.